The number of rotatable bonds is 6. The summed E-state index contributed by atoms with van der Waals surface area (Å²) in [6.45, 7) is 5.92. The lowest BCUT2D eigenvalue weighted by atomic mass is 10.1. The first-order chi connectivity index (χ1) is 10.7. The molecule has 4 heteroatoms. The largest absolute Gasteiger partial charge is 0.468 e. The van der Waals surface area contributed by atoms with Crippen LogP contribution in [0.5, 0.6) is 0 Å². The number of nitrogens with zero attached hydrogens (tertiary/aromatic N) is 1. The molecular formula is C18H20N2OS. The van der Waals surface area contributed by atoms with Gasteiger partial charge in [-0.25, -0.2) is 4.98 Å². The average molecular weight is 312 g/mol. The molecule has 22 heavy (non-hydrogen) atoms. The highest BCUT2D eigenvalue weighted by molar-refractivity contribution is 7.12. The van der Waals surface area contributed by atoms with Gasteiger partial charge in [-0.05, 0) is 26.0 Å². The molecule has 2 heterocycles. The summed E-state index contributed by atoms with van der Waals surface area (Å²) in [5.41, 5.74) is 3.60. The maximum absolute atomic E-state index is 5.30. The summed E-state index contributed by atoms with van der Waals surface area (Å²) in [4.78, 5) is 6.08. The first-order valence-electron chi connectivity index (χ1n) is 7.49. The van der Waals surface area contributed by atoms with Gasteiger partial charge in [0.05, 0.1) is 23.5 Å². The predicted octanol–water partition coefficient (Wildman–Crippen LogP) is 4.35. The molecule has 0 bridgehead atoms. The topological polar surface area (TPSA) is 38.1 Å². The van der Waals surface area contributed by atoms with Crippen molar-refractivity contribution < 1.29 is 4.42 Å². The van der Waals surface area contributed by atoms with Crippen LogP contribution in [-0.4, -0.2) is 11.5 Å². The van der Waals surface area contributed by atoms with Crippen LogP contribution in [0.2, 0.25) is 0 Å². The van der Waals surface area contributed by atoms with Gasteiger partial charge in [-0.15, -0.1) is 11.3 Å². The maximum Gasteiger partial charge on any atom is 0.117 e. The SMILES string of the molecule is Cc1ccc(-c2nc(CCNCc3ccco3)sc2C)cc1. The van der Waals surface area contributed by atoms with Crippen LogP contribution in [0.25, 0.3) is 11.3 Å². The van der Waals surface area contributed by atoms with Gasteiger partial charge >= 0.3 is 0 Å². The Morgan fingerprint density at radius 1 is 1.14 bits per heavy atom. The van der Waals surface area contributed by atoms with Crippen LogP contribution in [0.1, 0.15) is 21.2 Å². The summed E-state index contributed by atoms with van der Waals surface area (Å²) in [6, 6.07) is 12.5. The molecule has 0 fully saturated rings. The van der Waals surface area contributed by atoms with Crippen LogP contribution in [0.3, 0.4) is 0 Å². The van der Waals surface area contributed by atoms with E-state index in [1.165, 1.54) is 21.0 Å². The molecule has 1 N–H and O–H groups in total. The summed E-state index contributed by atoms with van der Waals surface area (Å²) in [6.07, 6.45) is 2.65. The van der Waals surface area contributed by atoms with Crippen molar-refractivity contribution in [1.82, 2.24) is 10.3 Å². The molecule has 114 valence electrons. The monoisotopic (exact) mass is 312 g/mol. The Balaban J connectivity index is 1.58. The quantitative estimate of drug-likeness (QED) is 0.688. The zero-order chi connectivity index (χ0) is 15.4. The van der Waals surface area contributed by atoms with E-state index in [0.717, 1.165) is 31.0 Å². The second-order valence-corrected chi connectivity index (χ2v) is 6.67. The Bertz CT molecular complexity index is 714. The molecule has 0 saturated carbocycles. The van der Waals surface area contributed by atoms with E-state index in [1.807, 2.05) is 12.1 Å². The zero-order valence-electron chi connectivity index (χ0n) is 12.9. The van der Waals surface area contributed by atoms with Crippen LogP contribution in [-0.2, 0) is 13.0 Å². The zero-order valence-corrected chi connectivity index (χ0v) is 13.7. The van der Waals surface area contributed by atoms with E-state index >= 15 is 0 Å². The van der Waals surface area contributed by atoms with Crippen molar-refractivity contribution in [2.45, 2.75) is 26.8 Å². The van der Waals surface area contributed by atoms with Gasteiger partial charge in [0.25, 0.3) is 0 Å². The van der Waals surface area contributed by atoms with Crippen molar-refractivity contribution in [1.29, 1.82) is 0 Å². The van der Waals surface area contributed by atoms with E-state index in [2.05, 4.69) is 43.4 Å². The molecule has 0 amide bonds. The van der Waals surface area contributed by atoms with E-state index in [4.69, 9.17) is 9.40 Å². The molecule has 0 radical (unpaired) electrons. The number of hydrogen-bond donors (Lipinski definition) is 1. The minimum atomic E-state index is 0.766. The normalized spacial score (nSPS) is 11.0. The van der Waals surface area contributed by atoms with Crippen molar-refractivity contribution in [3.05, 3.63) is 63.9 Å². The Kier molecular flexibility index (Phi) is 4.71. The molecule has 1 aromatic carbocycles. The van der Waals surface area contributed by atoms with Crippen molar-refractivity contribution in [2.24, 2.45) is 0 Å². The van der Waals surface area contributed by atoms with Crippen molar-refractivity contribution in [3.63, 3.8) is 0 Å². The molecule has 0 unspecified atom stereocenters. The van der Waals surface area contributed by atoms with Gasteiger partial charge in [-0.3, -0.25) is 0 Å². The number of aryl methyl sites for hydroxylation is 2. The summed E-state index contributed by atoms with van der Waals surface area (Å²) in [5.74, 6) is 0.968. The summed E-state index contributed by atoms with van der Waals surface area (Å²) in [7, 11) is 0. The third kappa shape index (κ3) is 3.64. The lowest BCUT2D eigenvalue weighted by molar-refractivity contribution is 0.484. The second kappa shape index (κ2) is 6.90. The highest BCUT2D eigenvalue weighted by Gasteiger charge is 2.09. The molecule has 3 nitrogen and oxygen atoms in total. The lowest BCUT2D eigenvalue weighted by Crippen LogP contribution is -2.16. The minimum absolute atomic E-state index is 0.766. The summed E-state index contributed by atoms with van der Waals surface area (Å²) in [5, 5.41) is 4.57. The number of furan rings is 1. The van der Waals surface area contributed by atoms with Crippen molar-refractivity contribution in [3.8, 4) is 11.3 Å². The average Bonchev–Trinajstić information content (AvgIpc) is 3.14. The summed E-state index contributed by atoms with van der Waals surface area (Å²) >= 11 is 1.79. The fraction of sp³-hybridized carbons (Fsp3) is 0.278. The number of nitrogens with one attached hydrogen (secondary N) is 1. The molecule has 0 saturated heterocycles. The van der Waals surface area contributed by atoms with Crippen molar-refractivity contribution >= 4 is 11.3 Å². The smallest absolute Gasteiger partial charge is 0.117 e. The number of thiazole rings is 1. The van der Waals surface area contributed by atoms with E-state index < -0.39 is 0 Å². The highest BCUT2D eigenvalue weighted by atomic mass is 32.1. The van der Waals surface area contributed by atoms with Gasteiger partial charge in [0.2, 0.25) is 0 Å². The molecule has 3 rings (SSSR count). The van der Waals surface area contributed by atoms with Gasteiger partial charge in [0, 0.05) is 23.4 Å². The van der Waals surface area contributed by atoms with Crippen LogP contribution in [0.15, 0.2) is 47.1 Å². The Hall–Kier alpha value is -1.91. The number of benzene rings is 1. The fourth-order valence-electron chi connectivity index (χ4n) is 2.36. The molecule has 0 aliphatic carbocycles. The Labute approximate surface area is 135 Å². The lowest BCUT2D eigenvalue weighted by Gasteiger charge is -2.00. The summed E-state index contributed by atoms with van der Waals surface area (Å²) < 4.78 is 5.30. The van der Waals surface area contributed by atoms with Crippen LogP contribution >= 0.6 is 11.3 Å². The minimum Gasteiger partial charge on any atom is -0.468 e. The third-order valence-corrected chi connectivity index (χ3v) is 4.59. The molecular weight excluding hydrogens is 292 g/mol. The van der Waals surface area contributed by atoms with E-state index in [-0.39, 0.29) is 0 Å². The van der Waals surface area contributed by atoms with Crippen LogP contribution < -0.4 is 5.32 Å². The van der Waals surface area contributed by atoms with Gasteiger partial charge in [0.15, 0.2) is 0 Å². The van der Waals surface area contributed by atoms with Gasteiger partial charge in [0.1, 0.15) is 5.76 Å². The van der Waals surface area contributed by atoms with Gasteiger partial charge in [-0.1, -0.05) is 29.8 Å². The van der Waals surface area contributed by atoms with E-state index in [1.54, 1.807) is 17.6 Å². The Morgan fingerprint density at radius 3 is 2.68 bits per heavy atom. The van der Waals surface area contributed by atoms with Gasteiger partial charge < -0.3 is 9.73 Å². The fourth-order valence-corrected chi connectivity index (χ4v) is 3.31. The maximum atomic E-state index is 5.30. The molecule has 0 aliphatic rings. The molecule has 2 aromatic heterocycles. The van der Waals surface area contributed by atoms with Crippen LogP contribution in [0, 0.1) is 13.8 Å². The molecule has 0 spiro atoms. The van der Waals surface area contributed by atoms with Gasteiger partial charge in [-0.2, -0.15) is 0 Å². The molecule has 0 aliphatic heterocycles. The highest BCUT2D eigenvalue weighted by Crippen LogP contribution is 2.27. The van der Waals surface area contributed by atoms with E-state index in [0.29, 0.717) is 0 Å². The first kappa shape index (κ1) is 15.0. The predicted molar refractivity (Wildman–Crippen MR) is 91.1 cm³/mol. The standard InChI is InChI=1S/C18H20N2OS/c1-13-5-7-15(8-6-13)18-14(2)22-17(20-18)9-10-19-12-16-4-3-11-21-16/h3-8,11,19H,9-10,12H2,1-2H3. The number of aromatic nitrogens is 1. The van der Waals surface area contributed by atoms with Crippen LogP contribution in [0.4, 0.5) is 0 Å². The number of hydrogen-bond acceptors (Lipinski definition) is 4. The van der Waals surface area contributed by atoms with Crippen molar-refractivity contribution in [2.75, 3.05) is 6.54 Å². The third-order valence-electron chi connectivity index (χ3n) is 3.56. The molecule has 0 atom stereocenters. The molecule has 3 aromatic rings. The second-order valence-electron chi connectivity index (χ2n) is 5.38. The van der Waals surface area contributed by atoms with E-state index in [9.17, 15) is 0 Å². The Morgan fingerprint density at radius 2 is 1.95 bits per heavy atom. The first-order valence-corrected chi connectivity index (χ1v) is 8.30.